The van der Waals surface area contributed by atoms with Gasteiger partial charge < -0.3 is 5.32 Å². The molecule has 3 atom stereocenters. The van der Waals surface area contributed by atoms with Crippen LogP contribution in [0, 0.1) is 5.92 Å². The lowest BCUT2D eigenvalue weighted by atomic mass is 9.70. The van der Waals surface area contributed by atoms with Gasteiger partial charge in [-0.1, -0.05) is 54.6 Å². The zero-order chi connectivity index (χ0) is 15.5. The minimum absolute atomic E-state index is 0.727. The molecule has 1 saturated heterocycles. The Morgan fingerprint density at radius 3 is 2.70 bits per heavy atom. The molecule has 0 amide bonds. The van der Waals surface area contributed by atoms with Gasteiger partial charge in [-0.05, 0) is 67.1 Å². The van der Waals surface area contributed by atoms with E-state index in [0.29, 0.717) is 0 Å². The first-order valence-electron chi connectivity index (χ1n) is 9.25. The third kappa shape index (κ3) is 3.35. The van der Waals surface area contributed by atoms with Crippen molar-refractivity contribution >= 4 is 0 Å². The number of aryl methyl sites for hydroxylation is 2. The van der Waals surface area contributed by atoms with Gasteiger partial charge in [-0.25, -0.2) is 0 Å². The topological polar surface area (TPSA) is 12.0 Å². The molecule has 1 nitrogen and oxygen atoms in total. The first-order chi connectivity index (χ1) is 11.4. The molecule has 1 heteroatoms. The second kappa shape index (κ2) is 6.88. The van der Waals surface area contributed by atoms with E-state index in [9.17, 15) is 0 Å². The standard InChI is InChI=1S/C22H27N/c1-2-7-17(8-3-1)9-6-11-20-15-19-14-13-18-10-4-5-12-21(18)22(19)16-23-20/h1-5,7-8,10,12,19-20,22-23H,6,9,11,13-16H2. The van der Waals surface area contributed by atoms with Gasteiger partial charge >= 0.3 is 0 Å². The summed E-state index contributed by atoms with van der Waals surface area (Å²) in [4.78, 5) is 0. The summed E-state index contributed by atoms with van der Waals surface area (Å²) >= 11 is 0. The third-order valence-electron chi connectivity index (χ3n) is 5.88. The number of benzene rings is 2. The lowest BCUT2D eigenvalue weighted by Gasteiger charge is -2.41. The second-order valence-corrected chi connectivity index (χ2v) is 7.32. The molecule has 1 aliphatic heterocycles. The molecule has 0 saturated carbocycles. The number of piperidine rings is 1. The quantitative estimate of drug-likeness (QED) is 0.862. The maximum Gasteiger partial charge on any atom is 0.00702 e. The molecular weight excluding hydrogens is 278 g/mol. The van der Waals surface area contributed by atoms with Crippen molar-refractivity contribution < 1.29 is 0 Å². The molecule has 0 aromatic heterocycles. The van der Waals surface area contributed by atoms with Crippen LogP contribution in [-0.2, 0) is 12.8 Å². The highest BCUT2D eigenvalue weighted by Crippen LogP contribution is 2.40. The average molecular weight is 305 g/mol. The summed E-state index contributed by atoms with van der Waals surface area (Å²) in [5.74, 6) is 1.65. The van der Waals surface area contributed by atoms with Gasteiger partial charge in [0.05, 0.1) is 0 Å². The van der Waals surface area contributed by atoms with Crippen molar-refractivity contribution in [2.75, 3.05) is 6.54 Å². The van der Waals surface area contributed by atoms with E-state index in [1.54, 1.807) is 11.1 Å². The fourth-order valence-electron chi connectivity index (χ4n) is 4.64. The van der Waals surface area contributed by atoms with Crippen LogP contribution in [0.5, 0.6) is 0 Å². The van der Waals surface area contributed by atoms with Gasteiger partial charge in [0.25, 0.3) is 0 Å². The fraction of sp³-hybridized carbons (Fsp3) is 0.455. The van der Waals surface area contributed by atoms with Gasteiger partial charge in [0.1, 0.15) is 0 Å². The van der Waals surface area contributed by atoms with Crippen molar-refractivity contribution in [3.8, 4) is 0 Å². The van der Waals surface area contributed by atoms with Crippen molar-refractivity contribution in [2.24, 2.45) is 5.92 Å². The predicted molar refractivity (Wildman–Crippen MR) is 96.8 cm³/mol. The van der Waals surface area contributed by atoms with E-state index < -0.39 is 0 Å². The zero-order valence-electron chi connectivity index (χ0n) is 13.9. The van der Waals surface area contributed by atoms with Crippen molar-refractivity contribution in [3.05, 3.63) is 71.3 Å². The Hall–Kier alpha value is -1.60. The molecule has 0 radical (unpaired) electrons. The van der Waals surface area contributed by atoms with E-state index in [1.807, 2.05) is 0 Å². The van der Waals surface area contributed by atoms with E-state index in [4.69, 9.17) is 0 Å². The zero-order valence-corrected chi connectivity index (χ0v) is 13.9. The van der Waals surface area contributed by atoms with Crippen LogP contribution in [-0.4, -0.2) is 12.6 Å². The third-order valence-corrected chi connectivity index (χ3v) is 5.88. The minimum Gasteiger partial charge on any atom is -0.313 e. The predicted octanol–water partition coefficient (Wildman–Crippen LogP) is 4.72. The molecule has 2 aliphatic rings. The van der Waals surface area contributed by atoms with Gasteiger partial charge in [-0.15, -0.1) is 0 Å². The molecule has 1 fully saturated rings. The Morgan fingerprint density at radius 1 is 0.957 bits per heavy atom. The first-order valence-corrected chi connectivity index (χ1v) is 9.25. The second-order valence-electron chi connectivity index (χ2n) is 7.32. The van der Waals surface area contributed by atoms with Crippen LogP contribution < -0.4 is 5.32 Å². The molecule has 120 valence electrons. The summed E-state index contributed by atoms with van der Waals surface area (Å²) in [6.45, 7) is 1.18. The van der Waals surface area contributed by atoms with Gasteiger partial charge in [-0.3, -0.25) is 0 Å². The van der Waals surface area contributed by atoms with Gasteiger partial charge in [-0.2, -0.15) is 0 Å². The Balaban J connectivity index is 1.32. The largest absolute Gasteiger partial charge is 0.313 e. The van der Waals surface area contributed by atoms with Crippen molar-refractivity contribution in [1.82, 2.24) is 5.32 Å². The summed E-state index contributed by atoms with van der Waals surface area (Å²) in [5, 5.41) is 3.85. The number of rotatable bonds is 4. The van der Waals surface area contributed by atoms with E-state index in [0.717, 1.165) is 17.9 Å². The number of hydrogen-bond acceptors (Lipinski definition) is 1. The highest BCUT2D eigenvalue weighted by Gasteiger charge is 2.34. The normalized spacial score (nSPS) is 26.3. The molecule has 4 rings (SSSR count). The van der Waals surface area contributed by atoms with Crippen LogP contribution in [0.4, 0.5) is 0 Å². The molecule has 2 aromatic rings. The molecular formula is C22H27N. The molecule has 0 spiro atoms. The lowest BCUT2D eigenvalue weighted by molar-refractivity contribution is 0.231. The van der Waals surface area contributed by atoms with Gasteiger partial charge in [0.15, 0.2) is 0 Å². The van der Waals surface area contributed by atoms with E-state index >= 15 is 0 Å². The molecule has 3 unspecified atom stereocenters. The summed E-state index contributed by atoms with van der Waals surface area (Å²) in [7, 11) is 0. The van der Waals surface area contributed by atoms with Crippen LogP contribution in [0.2, 0.25) is 0 Å². The summed E-state index contributed by atoms with van der Waals surface area (Å²) < 4.78 is 0. The Kier molecular flexibility index (Phi) is 4.48. The molecule has 2 aromatic carbocycles. The summed E-state index contributed by atoms with van der Waals surface area (Å²) in [5.41, 5.74) is 4.70. The molecule has 0 bridgehead atoms. The van der Waals surface area contributed by atoms with Crippen molar-refractivity contribution in [1.29, 1.82) is 0 Å². The lowest BCUT2D eigenvalue weighted by Crippen LogP contribution is -2.44. The van der Waals surface area contributed by atoms with Crippen LogP contribution >= 0.6 is 0 Å². The first kappa shape index (κ1) is 15.0. The maximum atomic E-state index is 3.85. The van der Waals surface area contributed by atoms with Crippen LogP contribution in [0.25, 0.3) is 0 Å². The Labute approximate surface area is 140 Å². The van der Waals surface area contributed by atoms with Gasteiger partial charge in [0, 0.05) is 12.6 Å². The van der Waals surface area contributed by atoms with E-state index in [-0.39, 0.29) is 0 Å². The summed E-state index contributed by atoms with van der Waals surface area (Å²) in [6.07, 6.45) is 7.88. The van der Waals surface area contributed by atoms with E-state index in [1.165, 1.54) is 50.6 Å². The summed E-state index contributed by atoms with van der Waals surface area (Å²) in [6, 6.07) is 20.7. The van der Waals surface area contributed by atoms with Gasteiger partial charge in [0.2, 0.25) is 0 Å². The average Bonchev–Trinajstić information content (AvgIpc) is 2.62. The molecule has 1 heterocycles. The smallest absolute Gasteiger partial charge is 0.00702 e. The van der Waals surface area contributed by atoms with Crippen molar-refractivity contribution in [2.45, 2.75) is 50.5 Å². The highest BCUT2D eigenvalue weighted by molar-refractivity contribution is 5.34. The Bertz CT molecular complexity index is 633. The number of nitrogens with one attached hydrogen (secondary N) is 1. The molecule has 23 heavy (non-hydrogen) atoms. The maximum absolute atomic E-state index is 3.85. The SMILES string of the molecule is c1ccc(CCCC2CC3CCc4ccccc4C3CN2)cc1. The molecule has 1 aliphatic carbocycles. The van der Waals surface area contributed by atoms with Crippen LogP contribution in [0.1, 0.15) is 48.3 Å². The number of fused-ring (bicyclic) bond motifs is 3. The minimum atomic E-state index is 0.727. The monoisotopic (exact) mass is 305 g/mol. The van der Waals surface area contributed by atoms with Crippen molar-refractivity contribution in [3.63, 3.8) is 0 Å². The van der Waals surface area contributed by atoms with Crippen LogP contribution in [0.3, 0.4) is 0 Å². The highest BCUT2D eigenvalue weighted by atomic mass is 14.9. The van der Waals surface area contributed by atoms with Crippen LogP contribution in [0.15, 0.2) is 54.6 Å². The Morgan fingerprint density at radius 2 is 1.78 bits per heavy atom. The molecule has 1 N–H and O–H groups in total. The fourth-order valence-corrected chi connectivity index (χ4v) is 4.64. The van der Waals surface area contributed by atoms with E-state index in [2.05, 4.69) is 59.9 Å². The number of hydrogen-bond donors (Lipinski definition) is 1.